The molecule has 1 atom stereocenters. The maximum Gasteiger partial charge on any atom is 0.304 e. The fourth-order valence-electron chi connectivity index (χ4n) is 4.54. The highest BCUT2D eigenvalue weighted by atomic mass is 35.5. The van der Waals surface area contributed by atoms with Crippen molar-refractivity contribution < 1.29 is 18.0 Å². The van der Waals surface area contributed by atoms with E-state index >= 15 is 0 Å². The second kappa shape index (κ2) is 15.2. The van der Waals surface area contributed by atoms with E-state index in [2.05, 4.69) is 5.32 Å². The number of rotatable bonds is 14. The maximum atomic E-state index is 14.3. The molecule has 3 aromatic rings. The number of aryl methyl sites for hydroxylation is 2. The van der Waals surface area contributed by atoms with Gasteiger partial charge in [0.2, 0.25) is 11.8 Å². The van der Waals surface area contributed by atoms with Crippen LogP contribution in [0.5, 0.6) is 0 Å². The zero-order chi connectivity index (χ0) is 30.9. The summed E-state index contributed by atoms with van der Waals surface area (Å²) >= 11 is 6.12. The van der Waals surface area contributed by atoms with Crippen LogP contribution in [-0.4, -0.2) is 62.7 Å². The SMILES string of the molecule is CCCCNC(=O)[C@@H](Cc1ccccc1)N(Cc1ccc(Cl)cc1)C(=O)CN(c1cc(C)ccc1C)S(=O)(=O)N(C)C. The number of anilines is 1. The molecular weight excluding hydrogens is 572 g/mol. The van der Waals surface area contributed by atoms with Gasteiger partial charge in [-0.2, -0.15) is 12.7 Å². The molecule has 0 aliphatic carbocycles. The lowest BCUT2D eigenvalue weighted by Gasteiger charge is -2.35. The molecule has 0 saturated heterocycles. The van der Waals surface area contributed by atoms with Gasteiger partial charge >= 0.3 is 10.2 Å². The van der Waals surface area contributed by atoms with Crippen molar-refractivity contribution in [1.29, 1.82) is 0 Å². The third kappa shape index (κ3) is 8.80. The smallest absolute Gasteiger partial charge is 0.304 e. The first kappa shape index (κ1) is 33.1. The first-order valence-electron chi connectivity index (χ1n) is 14.1. The van der Waals surface area contributed by atoms with Crippen LogP contribution in [0, 0.1) is 13.8 Å². The van der Waals surface area contributed by atoms with Crippen molar-refractivity contribution in [3.05, 3.63) is 100 Å². The highest BCUT2D eigenvalue weighted by Crippen LogP contribution is 2.26. The molecule has 0 spiro atoms. The lowest BCUT2D eigenvalue weighted by Crippen LogP contribution is -2.54. The Labute approximate surface area is 255 Å². The predicted molar refractivity (Wildman–Crippen MR) is 170 cm³/mol. The van der Waals surface area contributed by atoms with Crippen LogP contribution in [0.15, 0.2) is 72.8 Å². The van der Waals surface area contributed by atoms with E-state index in [4.69, 9.17) is 11.6 Å². The van der Waals surface area contributed by atoms with Crippen LogP contribution in [0.2, 0.25) is 5.02 Å². The Balaban J connectivity index is 2.10. The van der Waals surface area contributed by atoms with E-state index < -0.39 is 28.7 Å². The Bertz CT molecular complexity index is 1450. The Morgan fingerprint density at radius 1 is 0.929 bits per heavy atom. The fraction of sp³-hybridized carbons (Fsp3) is 0.375. The fourth-order valence-corrected chi connectivity index (χ4v) is 5.78. The lowest BCUT2D eigenvalue weighted by molar-refractivity contribution is -0.140. The molecule has 0 aliphatic heterocycles. The van der Waals surface area contributed by atoms with E-state index in [1.54, 1.807) is 30.3 Å². The summed E-state index contributed by atoms with van der Waals surface area (Å²) in [5.41, 5.74) is 3.63. The summed E-state index contributed by atoms with van der Waals surface area (Å²) in [4.78, 5) is 29.5. The number of benzene rings is 3. The molecule has 1 N–H and O–H groups in total. The second-order valence-corrected chi connectivity index (χ2v) is 13.1. The van der Waals surface area contributed by atoms with E-state index in [0.29, 0.717) is 22.8 Å². The number of amides is 2. The minimum Gasteiger partial charge on any atom is -0.354 e. The van der Waals surface area contributed by atoms with Gasteiger partial charge in [0, 0.05) is 38.6 Å². The largest absolute Gasteiger partial charge is 0.354 e. The Hall–Kier alpha value is -3.40. The molecule has 0 aromatic heterocycles. The van der Waals surface area contributed by atoms with Crippen molar-refractivity contribution in [2.75, 3.05) is 31.5 Å². The number of nitrogens with one attached hydrogen (secondary N) is 1. The number of nitrogens with zero attached hydrogens (tertiary/aromatic N) is 3. The minimum absolute atomic E-state index is 0.0946. The van der Waals surface area contributed by atoms with Gasteiger partial charge in [-0.1, -0.05) is 79.5 Å². The second-order valence-electron chi connectivity index (χ2n) is 10.6. The third-order valence-electron chi connectivity index (χ3n) is 7.02. The van der Waals surface area contributed by atoms with Gasteiger partial charge < -0.3 is 10.2 Å². The maximum absolute atomic E-state index is 14.3. The molecule has 10 heteroatoms. The van der Waals surface area contributed by atoms with Gasteiger partial charge in [0.05, 0.1) is 5.69 Å². The Morgan fingerprint density at radius 3 is 2.21 bits per heavy atom. The molecule has 0 fully saturated rings. The van der Waals surface area contributed by atoms with Crippen molar-refractivity contribution in [2.24, 2.45) is 0 Å². The third-order valence-corrected chi connectivity index (χ3v) is 9.08. The molecule has 2 amide bonds. The molecule has 3 aromatic carbocycles. The number of carbonyl (C=O) groups is 2. The number of halogens is 1. The van der Waals surface area contributed by atoms with Crippen molar-refractivity contribution >= 4 is 39.3 Å². The normalized spacial score (nSPS) is 12.2. The van der Waals surface area contributed by atoms with Gasteiger partial charge in [-0.15, -0.1) is 0 Å². The minimum atomic E-state index is -4.06. The summed E-state index contributed by atoms with van der Waals surface area (Å²) in [7, 11) is -1.19. The van der Waals surface area contributed by atoms with Crippen molar-refractivity contribution in [3.63, 3.8) is 0 Å². The summed E-state index contributed by atoms with van der Waals surface area (Å²) in [5.74, 6) is -0.786. The van der Waals surface area contributed by atoms with Crippen LogP contribution >= 0.6 is 11.6 Å². The van der Waals surface area contributed by atoms with Gasteiger partial charge in [0.25, 0.3) is 0 Å². The summed E-state index contributed by atoms with van der Waals surface area (Å²) < 4.78 is 29.4. The lowest BCUT2D eigenvalue weighted by atomic mass is 10.0. The van der Waals surface area contributed by atoms with Gasteiger partial charge in [0.1, 0.15) is 12.6 Å². The predicted octanol–water partition coefficient (Wildman–Crippen LogP) is 5.13. The molecule has 0 saturated carbocycles. The molecule has 42 heavy (non-hydrogen) atoms. The Kier molecular flexibility index (Phi) is 12.0. The van der Waals surface area contributed by atoms with Crippen LogP contribution < -0.4 is 9.62 Å². The summed E-state index contributed by atoms with van der Waals surface area (Å²) in [6.45, 7) is 5.81. The molecule has 8 nitrogen and oxygen atoms in total. The number of unbranched alkanes of at least 4 members (excludes halogenated alkanes) is 1. The number of hydrogen-bond donors (Lipinski definition) is 1. The van der Waals surface area contributed by atoms with E-state index in [0.717, 1.165) is 38.1 Å². The summed E-state index contributed by atoms with van der Waals surface area (Å²) in [6.07, 6.45) is 1.97. The van der Waals surface area contributed by atoms with Crippen molar-refractivity contribution in [1.82, 2.24) is 14.5 Å². The summed E-state index contributed by atoms with van der Waals surface area (Å²) in [6, 6.07) is 21.2. The van der Waals surface area contributed by atoms with E-state index in [9.17, 15) is 18.0 Å². The monoisotopic (exact) mass is 612 g/mol. The molecule has 3 rings (SSSR count). The highest BCUT2D eigenvalue weighted by Gasteiger charge is 2.35. The van der Waals surface area contributed by atoms with Crippen LogP contribution in [0.3, 0.4) is 0 Å². The molecular formula is C32H41ClN4O4S. The zero-order valence-corrected chi connectivity index (χ0v) is 26.6. The van der Waals surface area contributed by atoms with Gasteiger partial charge in [-0.3, -0.25) is 9.59 Å². The van der Waals surface area contributed by atoms with Gasteiger partial charge in [-0.05, 0) is 60.7 Å². The van der Waals surface area contributed by atoms with Gasteiger partial charge in [-0.25, -0.2) is 4.31 Å². The molecule has 0 radical (unpaired) electrons. The average molecular weight is 613 g/mol. The van der Waals surface area contributed by atoms with Gasteiger partial charge in [0.15, 0.2) is 0 Å². The molecule has 0 heterocycles. The van der Waals surface area contributed by atoms with E-state index in [1.807, 2.05) is 63.2 Å². The summed E-state index contributed by atoms with van der Waals surface area (Å²) in [5, 5.41) is 3.54. The van der Waals surface area contributed by atoms with Crippen LogP contribution in [0.1, 0.15) is 42.0 Å². The van der Waals surface area contributed by atoms with Crippen LogP contribution in [-0.2, 0) is 32.8 Å². The molecule has 0 aliphatic rings. The molecule has 0 bridgehead atoms. The van der Waals surface area contributed by atoms with Crippen LogP contribution in [0.4, 0.5) is 5.69 Å². The zero-order valence-electron chi connectivity index (χ0n) is 25.0. The number of hydrogen-bond acceptors (Lipinski definition) is 4. The topological polar surface area (TPSA) is 90.0 Å². The van der Waals surface area contributed by atoms with Crippen LogP contribution in [0.25, 0.3) is 0 Å². The quantitative estimate of drug-likeness (QED) is 0.256. The standard InChI is InChI=1S/C32H41ClN4O4S/c1-6-7-19-34-32(39)30(21-26-11-9-8-10-12-26)36(22-27-15-17-28(33)18-16-27)31(38)23-37(42(40,41)35(4)5)29-20-24(2)13-14-25(29)3/h8-18,20,30H,6-7,19,21-23H2,1-5H3,(H,34,39)/t30-/m1/s1. The van der Waals surface area contributed by atoms with E-state index in [-0.39, 0.29) is 18.9 Å². The van der Waals surface area contributed by atoms with E-state index in [1.165, 1.54) is 19.0 Å². The molecule has 0 unspecified atom stereocenters. The molecule has 226 valence electrons. The first-order chi connectivity index (χ1) is 19.9. The highest BCUT2D eigenvalue weighted by molar-refractivity contribution is 7.90. The van der Waals surface area contributed by atoms with Crippen molar-refractivity contribution in [2.45, 2.75) is 52.6 Å². The average Bonchev–Trinajstić information content (AvgIpc) is 2.96. The Morgan fingerprint density at radius 2 is 1.60 bits per heavy atom. The number of carbonyl (C=O) groups excluding carboxylic acids is 2. The first-order valence-corrected chi connectivity index (χ1v) is 15.8. The van der Waals surface area contributed by atoms with Crippen molar-refractivity contribution in [3.8, 4) is 0 Å².